The molecule has 0 aliphatic heterocycles. The maximum absolute atomic E-state index is 12.1. The van der Waals surface area contributed by atoms with Crippen LogP contribution in [-0.4, -0.2) is 31.7 Å². The SMILES string of the molecule is O=C(CSc1nnc(CSc2ncccn2)o1)c1cccc(Cl)c1. The Hall–Kier alpha value is -1.90. The summed E-state index contributed by atoms with van der Waals surface area (Å²) in [5.74, 6) is 1.09. The quantitative estimate of drug-likeness (QED) is 0.349. The van der Waals surface area contributed by atoms with E-state index in [2.05, 4.69) is 20.2 Å². The first kappa shape index (κ1) is 16.9. The molecule has 2 heterocycles. The van der Waals surface area contributed by atoms with Crippen LogP contribution in [0.4, 0.5) is 0 Å². The number of aromatic nitrogens is 4. The Kier molecular flexibility index (Phi) is 5.84. The number of halogens is 1. The molecular formula is C15H11ClN4O2S2. The zero-order valence-corrected chi connectivity index (χ0v) is 14.6. The van der Waals surface area contributed by atoms with Gasteiger partial charge < -0.3 is 4.42 Å². The Morgan fingerprint density at radius 3 is 2.75 bits per heavy atom. The van der Waals surface area contributed by atoms with E-state index in [1.165, 1.54) is 23.5 Å². The molecule has 0 fully saturated rings. The van der Waals surface area contributed by atoms with Crippen molar-refractivity contribution in [2.75, 3.05) is 5.75 Å². The van der Waals surface area contributed by atoms with Crippen molar-refractivity contribution in [1.82, 2.24) is 20.2 Å². The zero-order chi connectivity index (χ0) is 16.8. The largest absolute Gasteiger partial charge is 0.415 e. The number of ketones is 1. The number of thioether (sulfide) groups is 2. The molecule has 0 saturated carbocycles. The maximum atomic E-state index is 12.1. The summed E-state index contributed by atoms with van der Waals surface area (Å²) in [6.45, 7) is 0. The summed E-state index contributed by atoms with van der Waals surface area (Å²) in [5, 5.41) is 9.40. The molecule has 0 saturated heterocycles. The van der Waals surface area contributed by atoms with Crippen LogP contribution in [0.15, 0.2) is 57.5 Å². The lowest BCUT2D eigenvalue weighted by molar-refractivity contribution is 0.102. The van der Waals surface area contributed by atoms with Crippen LogP contribution >= 0.6 is 35.1 Å². The summed E-state index contributed by atoms with van der Waals surface area (Å²) in [6, 6.07) is 8.59. The average molecular weight is 379 g/mol. The third kappa shape index (κ3) is 4.80. The number of Topliss-reactive ketones (excluding diaryl/α,β-unsaturated/α-hetero) is 1. The second-order valence-electron chi connectivity index (χ2n) is 4.50. The highest BCUT2D eigenvalue weighted by Crippen LogP contribution is 2.22. The second kappa shape index (κ2) is 8.27. The predicted octanol–water partition coefficient (Wildman–Crippen LogP) is 3.78. The summed E-state index contributed by atoms with van der Waals surface area (Å²) in [4.78, 5) is 20.3. The van der Waals surface area contributed by atoms with Crippen LogP contribution < -0.4 is 0 Å². The van der Waals surface area contributed by atoms with E-state index in [1.807, 2.05) is 0 Å². The average Bonchev–Trinajstić information content (AvgIpc) is 3.07. The van der Waals surface area contributed by atoms with Gasteiger partial charge in [0.25, 0.3) is 5.22 Å². The molecular weight excluding hydrogens is 368 g/mol. The molecule has 2 aromatic heterocycles. The molecule has 122 valence electrons. The molecule has 0 amide bonds. The van der Waals surface area contributed by atoms with Gasteiger partial charge in [-0.15, -0.1) is 10.2 Å². The van der Waals surface area contributed by atoms with Crippen LogP contribution in [0.1, 0.15) is 16.2 Å². The minimum Gasteiger partial charge on any atom is -0.415 e. The lowest BCUT2D eigenvalue weighted by atomic mass is 10.1. The van der Waals surface area contributed by atoms with E-state index >= 15 is 0 Å². The Balaban J connectivity index is 1.51. The van der Waals surface area contributed by atoms with E-state index in [-0.39, 0.29) is 11.5 Å². The molecule has 0 unspecified atom stereocenters. The number of carbonyl (C=O) groups is 1. The van der Waals surface area contributed by atoms with Gasteiger partial charge in [-0.3, -0.25) is 4.79 Å². The molecule has 6 nitrogen and oxygen atoms in total. The van der Waals surface area contributed by atoms with Gasteiger partial charge in [-0.05, 0) is 18.2 Å². The van der Waals surface area contributed by atoms with Crippen LogP contribution in [0.5, 0.6) is 0 Å². The van der Waals surface area contributed by atoms with Gasteiger partial charge in [-0.2, -0.15) is 0 Å². The third-order valence-electron chi connectivity index (χ3n) is 2.79. The number of hydrogen-bond donors (Lipinski definition) is 0. The summed E-state index contributed by atoms with van der Waals surface area (Å²) < 4.78 is 5.50. The van der Waals surface area contributed by atoms with Gasteiger partial charge in [0.2, 0.25) is 5.89 Å². The molecule has 1 aromatic carbocycles. The van der Waals surface area contributed by atoms with Crippen LogP contribution in [0, 0.1) is 0 Å². The number of hydrogen-bond acceptors (Lipinski definition) is 8. The molecule has 0 radical (unpaired) electrons. The smallest absolute Gasteiger partial charge is 0.277 e. The Morgan fingerprint density at radius 2 is 1.96 bits per heavy atom. The van der Waals surface area contributed by atoms with E-state index in [9.17, 15) is 4.79 Å². The number of benzene rings is 1. The van der Waals surface area contributed by atoms with Crippen LogP contribution in [0.2, 0.25) is 5.02 Å². The Morgan fingerprint density at radius 1 is 1.12 bits per heavy atom. The number of rotatable bonds is 7. The highest BCUT2D eigenvalue weighted by molar-refractivity contribution is 7.99. The van der Waals surface area contributed by atoms with Crippen molar-refractivity contribution in [3.8, 4) is 0 Å². The van der Waals surface area contributed by atoms with Crippen molar-refractivity contribution in [3.05, 3.63) is 59.2 Å². The van der Waals surface area contributed by atoms with E-state index in [4.69, 9.17) is 16.0 Å². The molecule has 0 atom stereocenters. The van der Waals surface area contributed by atoms with Crippen LogP contribution in [-0.2, 0) is 5.75 Å². The lowest BCUT2D eigenvalue weighted by Gasteiger charge is -1.99. The minimum absolute atomic E-state index is 0.0469. The molecule has 0 spiro atoms. The van der Waals surface area contributed by atoms with Gasteiger partial charge in [0.1, 0.15) is 0 Å². The molecule has 9 heteroatoms. The lowest BCUT2D eigenvalue weighted by Crippen LogP contribution is -2.01. The first-order valence-electron chi connectivity index (χ1n) is 6.84. The molecule has 24 heavy (non-hydrogen) atoms. The predicted molar refractivity (Wildman–Crippen MR) is 92.4 cm³/mol. The molecule has 0 aliphatic carbocycles. The standard InChI is InChI=1S/C15H11ClN4O2S2/c16-11-4-1-3-10(7-11)12(21)8-24-15-20-19-13(22-15)9-23-14-17-5-2-6-18-14/h1-7H,8-9H2. The highest BCUT2D eigenvalue weighted by Gasteiger charge is 2.12. The van der Waals surface area contributed by atoms with Crippen molar-refractivity contribution < 1.29 is 9.21 Å². The first-order chi connectivity index (χ1) is 11.7. The van der Waals surface area contributed by atoms with Gasteiger partial charge >= 0.3 is 0 Å². The molecule has 3 rings (SSSR count). The molecule has 0 N–H and O–H groups in total. The van der Waals surface area contributed by atoms with Gasteiger partial charge in [0.15, 0.2) is 10.9 Å². The Labute approximate surface area is 151 Å². The van der Waals surface area contributed by atoms with E-state index < -0.39 is 0 Å². The van der Waals surface area contributed by atoms with Crippen molar-refractivity contribution in [3.63, 3.8) is 0 Å². The molecule has 3 aromatic rings. The zero-order valence-electron chi connectivity index (χ0n) is 12.3. The van der Waals surface area contributed by atoms with Crippen molar-refractivity contribution in [2.24, 2.45) is 0 Å². The van der Waals surface area contributed by atoms with Crippen LogP contribution in [0.3, 0.4) is 0 Å². The second-order valence-corrected chi connectivity index (χ2v) is 6.81. The summed E-state index contributed by atoms with van der Waals surface area (Å²) >= 11 is 8.48. The fourth-order valence-electron chi connectivity index (χ4n) is 1.71. The fourth-order valence-corrected chi connectivity index (χ4v) is 3.22. The third-order valence-corrected chi connectivity index (χ3v) is 4.70. The summed E-state index contributed by atoms with van der Waals surface area (Å²) in [5.41, 5.74) is 0.562. The maximum Gasteiger partial charge on any atom is 0.277 e. The van der Waals surface area contributed by atoms with Gasteiger partial charge in [0.05, 0.1) is 11.5 Å². The van der Waals surface area contributed by atoms with Gasteiger partial charge in [-0.25, -0.2) is 9.97 Å². The summed E-state index contributed by atoms with van der Waals surface area (Å²) in [7, 11) is 0. The fraction of sp³-hybridized carbons (Fsp3) is 0.133. The van der Waals surface area contributed by atoms with Gasteiger partial charge in [-0.1, -0.05) is 47.3 Å². The van der Waals surface area contributed by atoms with Crippen molar-refractivity contribution in [1.29, 1.82) is 0 Å². The monoisotopic (exact) mass is 378 g/mol. The summed E-state index contributed by atoms with van der Waals surface area (Å²) in [6.07, 6.45) is 3.34. The van der Waals surface area contributed by atoms with Gasteiger partial charge in [0, 0.05) is 23.0 Å². The van der Waals surface area contributed by atoms with E-state index in [0.717, 1.165) is 0 Å². The van der Waals surface area contributed by atoms with E-state index in [0.29, 0.717) is 32.6 Å². The highest BCUT2D eigenvalue weighted by atomic mass is 35.5. The molecule has 0 bridgehead atoms. The number of nitrogens with zero attached hydrogens (tertiary/aromatic N) is 4. The Bertz CT molecular complexity index is 829. The normalized spacial score (nSPS) is 10.7. The van der Waals surface area contributed by atoms with Crippen molar-refractivity contribution >= 4 is 40.9 Å². The first-order valence-corrected chi connectivity index (χ1v) is 9.19. The van der Waals surface area contributed by atoms with E-state index in [1.54, 1.807) is 42.7 Å². The molecule has 0 aliphatic rings. The van der Waals surface area contributed by atoms with Crippen LogP contribution in [0.25, 0.3) is 0 Å². The topological polar surface area (TPSA) is 81.8 Å². The van der Waals surface area contributed by atoms with Crippen molar-refractivity contribution in [2.45, 2.75) is 16.1 Å². The minimum atomic E-state index is -0.0469. The number of carbonyl (C=O) groups excluding carboxylic acids is 1.